The van der Waals surface area contributed by atoms with Crippen molar-refractivity contribution in [2.45, 2.75) is 38.8 Å². The Labute approximate surface area is 134 Å². The molecule has 108 valence electrons. The Balaban J connectivity index is 0.00000324. The van der Waals surface area contributed by atoms with Gasteiger partial charge in [0.1, 0.15) is 11.6 Å². The van der Waals surface area contributed by atoms with Gasteiger partial charge >= 0.3 is 5.97 Å². The van der Waals surface area contributed by atoms with Crippen molar-refractivity contribution in [2.24, 2.45) is 5.73 Å². The molecule has 1 aromatic carbocycles. The standard InChI is InChI=1S/C13H17Cl2NO2.BrH/c1-8(16)12(17)18-13(2,3)7-9-4-5-10(14)11(15)6-9;/h4-6,8H,7,16H2,1-3H3;1H. The third-order valence-corrected chi connectivity index (χ3v) is 3.10. The molecule has 0 spiro atoms. The number of benzene rings is 1. The molecule has 0 saturated carbocycles. The van der Waals surface area contributed by atoms with Crippen LogP contribution in [0.25, 0.3) is 0 Å². The van der Waals surface area contributed by atoms with Crippen molar-refractivity contribution in [3.63, 3.8) is 0 Å². The number of carbonyl (C=O) groups excluding carboxylic acids is 1. The van der Waals surface area contributed by atoms with Crippen LogP contribution in [0.4, 0.5) is 0 Å². The Morgan fingerprint density at radius 2 is 1.95 bits per heavy atom. The van der Waals surface area contributed by atoms with Crippen LogP contribution < -0.4 is 5.73 Å². The molecule has 0 saturated heterocycles. The van der Waals surface area contributed by atoms with Crippen LogP contribution >= 0.6 is 40.2 Å². The molecule has 1 aromatic rings. The molecule has 0 aliphatic carbocycles. The highest BCUT2D eigenvalue weighted by molar-refractivity contribution is 8.93. The zero-order valence-electron chi connectivity index (χ0n) is 11.1. The molecular formula is C13H18BrCl2NO2. The zero-order valence-corrected chi connectivity index (χ0v) is 14.3. The third kappa shape index (κ3) is 6.13. The van der Waals surface area contributed by atoms with Crippen molar-refractivity contribution in [1.82, 2.24) is 0 Å². The van der Waals surface area contributed by atoms with Crippen LogP contribution in [0, 0.1) is 0 Å². The zero-order chi connectivity index (χ0) is 13.9. The van der Waals surface area contributed by atoms with Crippen LogP contribution in [0.3, 0.4) is 0 Å². The number of hydrogen-bond acceptors (Lipinski definition) is 3. The summed E-state index contributed by atoms with van der Waals surface area (Å²) in [5.74, 6) is -0.417. The predicted octanol–water partition coefficient (Wildman–Crippen LogP) is 3.78. The van der Waals surface area contributed by atoms with E-state index >= 15 is 0 Å². The van der Waals surface area contributed by atoms with Gasteiger partial charge in [-0.2, -0.15) is 0 Å². The Morgan fingerprint density at radius 3 is 2.42 bits per heavy atom. The van der Waals surface area contributed by atoms with Crippen LogP contribution in [0.1, 0.15) is 26.3 Å². The van der Waals surface area contributed by atoms with Gasteiger partial charge in [0.25, 0.3) is 0 Å². The van der Waals surface area contributed by atoms with E-state index in [1.807, 2.05) is 19.9 Å². The van der Waals surface area contributed by atoms with Gasteiger partial charge in [-0.3, -0.25) is 4.79 Å². The minimum Gasteiger partial charge on any atom is -0.458 e. The fraction of sp³-hybridized carbons (Fsp3) is 0.462. The topological polar surface area (TPSA) is 52.3 Å². The van der Waals surface area contributed by atoms with Crippen molar-refractivity contribution in [3.05, 3.63) is 33.8 Å². The van der Waals surface area contributed by atoms with E-state index in [1.165, 1.54) is 0 Å². The lowest BCUT2D eigenvalue weighted by Gasteiger charge is -2.26. The van der Waals surface area contributed by atoms with Gasteiger partial charge in [-0.1, -0.05) is 29.3 Å². The maximum atomic E-state index is 11.5. The summed E-state index contributed by atoms with van der Waals surface area (Å²) in [5.41, 5.74) is 5.78. The van der Waals surface area contributed by atoms with Crippen molar-refractivity contribution in [1.29, 1.82) is 0 Å². The molecular weight excluding hydrogens is 353 g/mol. The number of ether oxygens (including phenoxy) is 1. The fourth-order valence-electron chi connectivity index (χ4n) is 1.54. The van der Waals surface area contributed by atoms with Gasteiger partial charge in [-0.25, -0.2) is 0 Å². The van der Waals surface area contributed by atoms with E-state index in [4.69, 9.17) is 33.7 Å². The highest BCUT2D eigenvalue weighted by Gasteiger charge is 2.25. The van der Waals surface area contributed by atoms with Gasteiger partial charge in [-0.15, -0.1) is 17.0 Å². The Kier molecular flexibility index (Phi) is 7.37. The van der Waals surface area contributed by atoms with Crippen LogP contribution in [0.2, 0.25) is 10.0 Å². The smallest absolute Gasteiger partial charge is 0.323 e. The van der Waals surface area contributed by atoms with Crippen LogP contribution in [0.15, 0.2) is 18.2 Å². The van der Waals surface area contributed by atoms with E-state index in [2.05, 4.69) is 0 Å². The minimum absolute atomic E-state index is 0. The summed E-state index contributed by atoms with van der Waals surface area (Å²) in [6.45, 7) is 5.25. The van der Waals surface area contributed by atoms with Gasteiger partial charge in [-0.05, 0) is 38.5 Å². The highest BCUT2D eigenvalue weighted by atomic mass is 79.9. The van der Waals surface area contributed by atoms with Gasteiger partial charge in [0.2, 0.25) is 0 Å². The molecule has 0 heterocycles. The molecule has 1 rings (SSSR count). The fourth-order valence-corrected chi connectivity index (χ4v) is 1.86. The third-order valence-electron chi connectivity index (χ3n) is 2.36. The van der Waals surface area contributed by atoms with Crippen LogP contribution in [0.5, 0.6) is 0 Å². The molecule has 0 amide bonds. The number of hydrogen-bond donors (Lipinski definition) is 1. The number of halogens is 3. The van der Waals surface area contributed by atoms with E-state index in [0.29, 0.717) is 16.5 Å². The summed E-state index contributed by atoms with van der Waals surface area (Å²) in [6.07, 6.45) is 0.544. The quantitative estimate of drug-likeness (QED) is 0.820. The lowest BCUT2D eigenvalue weighted by atomic mass is 9.98. The first-order valence-electron chi connectivity index (χ1n) is 5.63. The summed E-state index contributed by atoms with van der Waals surface area (Å²) in [5, 5.41) is 0.995. The maximum absolute atomic E-state index is 11.5. The molecule has 19 heavy (non-hydrogen) atoms. The van der Waals surface area contributed by atoms with Crippen molar-refractivity contribution in [3.8, 4) is 0 Å². The predicted molar refractivity (Wildman–Crippen MR) is 84.3 cm³/mol. The molecule has 1 unspecified atom stereocenters. The normalized spacial score (nSPS) is 12.5. The number of rotatable bonds is 4. The Morgan fingerprint density at radius 1 is 1.37 bits per heavy atom. The first-order chi connectivity index (χ1) is 8.21. The van der Waals surface area contributed by atoms with Crippen LogP contribution in [-0.4, -0.2) is 17.6 Å². The minimum atomic E-state index is -0.637. The van der Waals surface area contributed by atoms with Gasteiger partial charge in [0, 0.05) is 6.42 Å². The average Bonchev–Trinajstić information content (AvgIpc) is 2.22. The first-order valence-corrected chi connectivity index (χ1v) is 6.39. The maximum Gasteiger partial charge on any atom is 0.323 e. The first kappa shape index (κ1) is 18.7. The lowest BCUT2D eigenvalue weighted by molar-refractivity contribution is -0.157. The molecule has 3 nitrogen and oxygen atoms in total. The van der Waals surface area contributed by atoms with Crippen molar-refractivity contribution in [2.75, 3.05) is 0 Å². The van der Waals surface area contributed by atoms with E-state index in [1.54, 1.807) is 19.1 Å². The van der Waals surface area contributed by atoms with E-state index in [-0.39, 0.29) is 17.0 Å². The summed E-state index contributed by atoms with van der Waals surface area (Å²) >= 11 is 11.8. The monoisotopic (exact) mass is 369 g/mol. The molecule has 0 radical (unpaired) electrons. The highest BCUT2D eigenvalue weighted by Crippen LogP contribution is 2.25. The summed E-state index contributed by atoms with van der Waals surface area (Å²) < 4.78 is 5.33. The second kappa shape index (κ2) is 7.48. The number of esters is 1. The summed E-state index contributed by atoms with van der Waals surface area (Å²) in [6, 6.07) is 4.72. The molecule has 0 aromatic heterocycles. The molecule has 0 aliphatic rings. The molecule has 6 heteroatoms. The van der Waals surface area contributed by atoms with E-state index < -0.39 is 17.6 Å². The molecule has 0 aliphatic heterocycles. The molecule has 0 bridgehead atoms. The van der Waals surface area contributed by atoms with Gasteiger partial charge in [0.05, 0.1) is 10.0 Å². The lowest BCUT2D eigenvalue weighted by Crippen LogP contribution is -2.38. The Bertz CT molecular complexity index is 450. The van der Waals surface area contributed by atoms with Crippen molar-refractivity contribution >= 4 is 46.2 Å². The average molecular weight is 371 g/mol. The molecule has 0 fully saturated rings. The van der Waals surface area contributed by atoms with E-state index in [0.717, 1.165) is 5.56 Å². The molecule has 2 N–H and O–H groups in total. The van der Waals surface area contributed by atoms with Crippen molar-refractivity contribution < 1.29 is 9.53 Å². The Hall–Kier alpha value is -0.290. The summed E-state index contributed by atoms with van der Waals surface area (Å²) in [7, 11) is 0. The van der Waals surface area contributed by atoms with Gasteiger partial charge < -0.3 is 10.5 Å². The second-order valence-corrected chi connectivity index (χ2v) is 5.71. The second-order valence-electron chi connectivity index (χ2n) is 4.89. The number of carbonyl (C=O) groups is 1. The largest absolute Gasteiger partial charge is 0.458 e. The van der Waals surface area contributed by atoms with E-state index in [9.17, 15) is 4.79 Å². The van der Waals surface area contributed by atoms with Gasteiger partial charge in [0.15, 0.2) is 0 Å². The van der Waals surface area contributed by atoms with Crippen LogP contribution in [-0.2, 0) is 16.0 Å². The SMILES string of the molecule is Br.CC(N)C(=O)OC(C)(C)Cc1ccc(Cl)c(Cl)c1. The molecule has 1 atom stereocenters. The summed E-state index contributed by atoms with van der Waals surface area (Å²) in [4.78, 5) is 11.5. The number of nitrogens with two attached hydrogens (primary N) is 1.